The fraction of sp³-hybridized carbons (Fsp3) is 0.571. The zero-order valence-corrected chi connectivity index (χ0v) is 13.0. The molecule has 0 atom stereocenters. The summed E-state index contributed by atoms with van der Waals surface area (Å²) in [6.07, 6.45) is 7.19. The van der Waals surface area contributed by atoms with Crippen LogP contribution in [0.5, 0.6) is 0 Å². The van der Waals surface area contributed by atoms with Crippen LogP contribution in [0.25, 0.3) is 0 Å². The van der Waals surface area contributed by atoms with E-state index >= 15 is 0 Å². The summed E-state index contributed by atoms with van der Waals surface area (Å²) in [6, 6.07) is 0.396. The molecule has 0 bridgehead atoms. The van der Waals surface area contributed by atoms with E-state index in [-0.39, 0.29) is 0 Å². The molecular weight excluding hydrogens is 288 g/mol. The van der Waals surface area contributed by atoms with E-state index in [0.29, 0.717) is 17.0 Å². The smallest absolute Gasteiger partial charge is 0.225 e. The molecule has 1 aliphatic rings. The van der Waals surface area contributed by atoms with E-state index in [9.17, 15) is 0 Å². The highest BCUT2D eigenvalue weighted by Crippen LogP contribution is 2.29. The van der Waals surface area contributed by atoms with Crippen molar-refractivity contribution in [3.8, 4) is 0 Å². The highest BCUT2D eigenvalue weighted by Gasteiger charge is 2.26. The van der Waals surface area contributed by atoms with Gasteiger partial charge in [0.1, 0.15) is 12.2 Å². The van der Waals surface area contributed by atoms with Gasteiger partial charge in [0.05, 0.1) is 17.4 Å². The lowest BCUT2D eigenvalue weighted by Gasteiger charge is -2.31. The molecule has 7 heteroatoms. The Morgan fingerprint density at radius 2 is 1.86 bits per heavy atom. The van der Waals surface area contributed by atoms with Gasteiger partial charge in [-0.05, 0) is 26.7 Å². The van der Waals surface area contributed by atoms with E-state index in [1.165, 1.54) is 0 Å². The molecule has 112 valence electrons. The average Bonchev–Trinajstić information content (AvgIpc) is 2.98. The minimum Gasteiger partial charge on any atom is -0.341 e. The van der Waals surface area contributed by atoms with Gasteiger partial charge >= 0.3 is 0 Å². The molecule has 0 unspecified atom stereocenters. The van der Waals surface area contributed by atoms with Crippen LogP contribution in [-0.4, -0.2) is 37.8 Å². The first-order valence-corrected chi connectivity index (χ1v) is 7.65. The van der Waals surface area contributed by atoms with Crippen LogP contribution < -0.4 is 4.90 Å². The molecule has 0 amide bonds. The fourth-order valence-electron chi connectivity index (χ4n) is 2.75. The SMILES string of the molecule is CC(C)n1cnnc1C1CCN(c2ncc(Cl)cn2)CC1. The van der Waals surface area contributed by atoms with Crippen molar-refractivity contribution in [3.05, 3.63) is 29.6 Å². The minimum atomic E-state index is 0.396. The standard InChI is InChI=1S/C14H19ClN6/c1-10(2)21-9-18-19-13(21)11-3-5-20(6-4-11)14-16-7-12(15)8-17-14/h7-11H,3-6H2,1-2H3. The highest BCUT2D eigenvalue weighted by molar-refractivity contribution is 6.30. The molecule has 0 radical (unpaired) electrons. The maximum atomic E-state index is 5.83. The molecule has 3 heterocycles. The lowest BCUT2D eigenvalue weighted by atomic mass is 9.96. The minimum absolute atomic E-state index is 0.396. The Morgan fingerprint density at radius 1 is 1.19 bits per heavy atom. The quantitative estimate of drug-likeness (QED) is 0.872. The summed E-state index contributed by atoms with van der Waals surface area (Å²) < 4.78 is 2.17. The molecule has 0 aliphatic carbocycles. The molecule has 6 nitrogen and oxygen atoms in total. The second-order valence-electron chi connectivity index (χ2n) is 5.65. The summed E-state index contributed by atoms with van der Waals surface area (Å²) in [7, 11) is 0. The van der Waals surface area contributed by atoms with Crippen molar-refractivity contribution in [2.24, 2.45) is 0 Å². The van der Waals surface area contributed by atoms with Crippen molar-refractivity contribution < 1.29 is 0 Å². The Morgan fingerprint density at radius 3 is 2.48 bits per heavy atom. The van der Waals surface area contributed by atoms with Gasteiger partial charge in [0, 0.05) is 25.0 Å². The molecule has 0 aromatic carbocycles. The summed E-state index contributed by atoms with van der Waals surface area (Å²) in [5.74, 6) is 2.31. The van der Waals surface area contributed by atoms with Crippen molar-refractivity contribution >= 4 is 17.5 Å². The number of halogens is 1. The molecule has 2 aromatic heterocycles. The van der Waals surface area contributed by atoms with Gasteiger partial charge in [0.2, 0.25) is 5.95 Å². The Balaban J connectivity index is 1.67. The van der Waals surface area contributed by atoms with Gasteiger partial charge in [0.25, 0.3) is 0 Å². The van der Waals surface area contributed by atoms with E-state index in [4.69, 9.17) is 11.6 Å². The third-order valence-corrected chi connectivity index (χ3v) is 4.10. The summed E-state index contributed by atoms with van der Waals surface area (Å²) in [4.78, 5) is 10.8. The molecule has 1 fully saturated rings. The predicted octanol–water partition coefficient (Wildman–Crippen LogP) is 2.69. The van der Waals surface area contributed by atoms with Crippen molar-refractivity contribution in [3.63, 3.8) is 0 Å². The van der Waals surface area contributed by atoms with Gasteiger partial charge < -0.3 is 9.47 Å². The lowest BCUT2D eigenvalue weighted by Crippen LogP contribution is -2.34. The van der Waals surface area contributed by atoms with Crippen molar-refractivity contribution in [2.45, 2.75) is 38.6 Å². The third kappa shape index (κ3) is 3.00. The van der Waals surface area contributed by atoms with Crippen LogP contribution in [0, 0.1) is 0 Å². The number of rotatable bonds is 3. The second-order valence-corrected chi connectivity index (χ2v) is 6.09. The van der Waals surface area contributed by atoms with Crippen LogP contribution in [-0.2, 0) is 0 Å². The van der Waals surface area contributed by atoms with Crippen molar-refractivity contribution in [1.29, 1.82) is 0 Å². The molecule has 3 rings (SSSR count). The van der Waals surface area contributed by atoms with Crippen molar-refractivity contribution in [2.75, 3.05) is 18.0 Å². The van der Waals surface area contributed by atoms with Gasteiger partial charge in [-0.25, -0.2) is 9.97 Å². The Bertz CT molecular complexity index is 586. The van der Waals surface area contributed by atoms with Gasteiger partial charge in [0.15, 0.2) is 0 Å². The van der Waals surface area contributed by atoms with E-state index in [2.05, 4.69) is 43.5 Å². The largest absolute Gasteiger partial charge is 0.341 e. The number of anilines is 1. The van der Waals surface area contributed by atoms with Crippen LogP contribution in [0.15, 0.2) is 18.7 Å². The lowest BCUT2D eigenvalue weighted by molar-refractivity contribution is 0.446. The number of aromatic nitrogens is 5. The van der Waals surface area contributed by atoms with Crippen LogP contribution in [0.4, 0.5) is 5.95 Å². The highest BCUT2D eigenvalue weighted by atomic mass is 35.5. The Kier molecular flexibility index (Phi) is 4.05. The van der Waals surface area contributed by atoms with Crippen molar-refractivity contribution in [1.82, 2.24) is 24.7 Å². The fourth-order valence-corrected chi connectivity index (χ4v) is 2.85. The number of nitrogens with zero attached hydrogens (tertiary/aromatic N) is 6. The summed E-state index contributed by atoms with van der Waals surface area (Å²) in [5, 5.41) is 8.95. The van der Waals surface area contributed by atoms with Crippen LogP contribution in [0.1, 0.15) is 44.5 Å². The zero-order valence-electron chi connectivity index (χ0n) is 12.3. The van der Waals surface area contributed by atoms with Crippen LogP contribution in [0.2, 0.25) is 5.02 Å². The van der Waals surface area contributed by atoms with Gasteiger partial charge in [-0.2, -0.15) is 0 Å². The van der Waals surface area contributed by atoms with Gasteiger partial charge in [-0.1, -0.05) is 11.6 Å². The normalized spacial score (nSPS) is 16.7. The first kappa shape index (κ1) is 14.3. The van der Waals surface area contributed by atoms with Gasteiger partial charge in [-0.15, -0.1) is 10.2 Å². The zero-order chi connectivity index (χ0) is 14.8. The molecule has 0 saturated carbocycles. The van der Waals surface area contributed by atoms with Crippen LogP contribution >= 0.6 is 11.6 Å². The first-order valence-electron chi connectivity index (χ1n) is 7.27. The predicted molar refractivity (Wildman–Crippen MR) is 81.6 cm³/mol. The molecule has 1 saturated heterocycles. The number of hydrogen-bond acceptors (Lipinski definition) is 5. The molecule has 1 aliphatic heterocycles. The third-order valence-electron chi connectivity index (χ3n) is 3.91. The maximum Gasteiger partial charge on any atom is 0.225 e. The topological polar surface area (TPSA) is 59.7 Å². The Hall–Kier alpha value is -1.69. The van der Waals surface area contributed by atoms with E-state index < -0.39 is 0 Å². The summed E-state index contributed by atoms with van der Waals surface area (Å²) in [6.45, 7) is 6.17. The second kappa shape index (κ2) is 5.97. The van der Waals surface area contributed by atoms with Crippen LogP contribution in [0.3, 0.4) is 0 Å². The average molecular weight is 307 g/mol. The van der Waals surface area contributed by atoms with E-state index in [0.717, 1.165) is 37.7 Å². The molecule has 0 spiro atoms. The molecular formula is C14H19ClN6. The molecule has 2 aromatic rings. The van der Waals surface area contributed by atoms with Gasteiger partial charge in [-0.3, -0.25) is 0 Å². The monoisotopic (exact) mass is 306 g/mol. The molecule has 21 heavy (non-hydrogen) atoms. The summed E-state index contributed by atoms with van der Waals surface area (Å²) >= 11 is 5.83. The summed E-state index contributed by atoms with van der Waals surface area (Å²) in [5.41, 5.74) is 0. The van der Waals surface area contributed by atoms with E-state index in [1.54, 1.807) is 12.4 Å². The van der Waals surface area contributed by atoms with E-state index in [1.807, 2.05) is 6.33 Å². The molecule has 0 N–H and O–H groups in total. The number of hydrogen-bond donors (Lipinski definition) is 0. The number of piperidine rings is 1. The Labute approximate surface area is 129 Å². The first-order chi connectivity index (χ1) is 10.1. The maximum absolute atomic E-state index is 5.83.